The Bertz CT molecular complexity index is 298. The molecule has 1 fully saturated rings. The van der Waals surface area contributed by atoms with Crippen LogP contribution in [0.25, 0.3) is 0 Å². The van der Waals surface area contributed by atoms with E-state index >= 15 is 0 Å². The fraction of sp³-hybridized carbons (Fsp3) is 0.929. The summed E-state index contributed by atoms with van der Waals surface area (Å²) in [5.41, 5.74) is -0.888. The molecule has 0 amide bonds. The quantitative estimate of drug-likeness (QED) is 0.732. The maximum atomic E-state index is 11.6. The number of nitrogens with one attached hydrogen (secondary N) is 1. The van der Waals surface area contributed by atoms with Gasteiger partial charge in [-0.2, -0.15) is 0 Å². The highest BCUT2D eigenvalue weighted by atomic mass is 16.5. The first-order valence-corrected chi connectivity index (χ1v) is 7.27. The van der Waals surface area contributed by atoms with Crippen LogP contribution >= 0.6 is 0 Å². The van der Waals surface area contributed by atoms with Crippen LogP contribution in [0.3, 0.4) is 0 Å². The fourth-order valence-electron chi connectivity index (χ4n) is 2.49. The number of carboxylic acids is 1. The van der Waals surface area contributed by atoms with E-state index < -0.39 is 11.5 Å². The van der Waals surface area contributed by atoms with E-state index in [1.165, 1.54) is 0 Å². The number of rotatable bonds is 7. The van der Waals surface area contributed by atoms with Gasteiger partial charge in [0.2, 0.25) is 0 Å². The molecule has 1 heterocycles. The summed E-state index contributed by atoms with van der Waals surface area (Å²) in [4.78, 5) is 13.8. The third kappa shape index (κ3) is 4.44. The minimum atomic E-state index is -0.888. The summed E-state index contributed by atoms with van der Waals surface area (Å²) in [6.07, 6.45) is 2.09. The number of morpholine rings is 1. The summed E-state index contributed by atoms with van der Waals surface area (Å²) in [5, 5.41) is 12.7. The Morgan fingerprint density at radius 1 is 1.53 bits per heavy atom. The smallest absolute Gasteiger partial charge is 0.324 e. The molecule has 1 aliphatic heterocycles. The average molecular weight is 272 g/mol. The zero-order valence-corrected chi connectivity index (χ0v) is 12.6. The van der Waals surface area contributed by atoms with Gasteiger partial charge in [0.15, 0.2) is 0 Å². The molecule has 3 atom stereocenters. The summed E-state index contributed by atoms with van der Waals surface area (Å²) >= 11 is 0. The maximum Gasteiger partial charge on any atom is 0.324 e. The fourth-order valence-corrected chi connectivity index (χ4v) is 2.49. The predicted octanol–water partition coefficient (Wildman–Crippen LogP) is 1.33. The Labute approximate surface area is 116 Å². The van der Waals surface area contributed by atoms with E-state index in [0.29, 0.717) is 19.2 Å². The molecule has 1 rings (SSSR count). The van der Waals surface area contributed by atoms with E-state index in [0.717, 1.165) is 25.9 Å². The van der Waals surface area contributed by atoms with Crippen molar-refractivity contribution < 1.29 is 14.6 Å². The van der Waals surface area contributed by atoms with Gasteiger partial charge in [0.1, 0.15) is 5.54 Å². The topological polar surface area (TPSA) is 61.8 Å². The number of ether oxygens (including phenoxy) is 1. The number of hydrogen-bond donors (Lipinski definition) is 2. The van der Waals surface area contributed by atoms with Gasteiger partial charge in [0, 0.05) is 19.1 Å². The molecule has 1 aliphatic rings. The molecule has 5 nitrogen and oxygen atoms in total. The number of carboxylic acid groups (broad SMARTS) is 1. The molecule has 112 valence electrons. The first kappa shape index (κ1) is 16.4. The Hall–Kier alpha value is -0.650. The van der Waals surface area contributed by atoms with E-state index in [1.54, 1.807) is 6.92 Å². The minimum absolute atomic E-state index is 0.173. The SMILES string of the molecule is CCCNC(C)(CN1CC(C)OCC1CC)C(=O)O. The molecular weight excluding hydrogens is 244 g/mol. The van der Waals surface area contributed by atoms with Crippen molar-refractivity contribution >= 4 is 5.97 Å². The lowest BCUT2D eigenvalue weighted by Crippen LogP contribution is -2.61. The van der Waals surface area contributed by atoms with E-state index in [9.17, 15) is 9.90 Å². The Morgan fingerprint density at radius 3 is 2.74 bits per heavy atom. The maximum absolute atomic E-state index is 11.6. The summed E-state index contributed by atoms with van der Waals surface area (Å²) < 4.78 is 5.66. The Morgan fingerprint density at radius 2 is 2.21 bits per heavy atom. The van der Waals surface area contributed by atoms with Crippen LogP contribution in [0.1, 0.15) is 40.5 Å². The van der Waals surface area contributed by atoms with Crippen molar-refractivity contribution in [3.8, 4) is 0 Å². The molecular formula is C14H28N2O3. The van der Waals surface area contributed by atoms with E-state index in [2.05, 4.69) is 17.1 Å². The molecule has 0 saturated carbocycles. The van der Waals surface area contributed by atoms with Gasteiger partial charge in [0.25, 0.3) is 0 Å². The summed E-state index contributed by atoms with van der Waals surface area (Å²) in [7, 11) is 0. The van der Waals surface area contributed by atoms with Crippen LogP contribution in [0.2, 0.25) is 0 Å². The molecule has 0 aromatic carbocycles. The second kappa shape index (κ2) is 7.22. The zero-order valence-electron chi connectivity index (χ0n) is 12.6. The molecule has 0 aromatic heterocycles. The number of nitrogens with zero attached hydrogens (tertiary/aromatic N) is 1. The second-order valence-electron chi connectivity index (χ2n) is 5.70. The molecule has 0 aromatic rings. The summed E-state index contributed by atoms with van der Waals surface area (Å²) in [5.74, 6) is -0.782. The molecule has 19 heavy (non-hydrogen) atoms. The van der Waals surface area contributed by atoms with Gasteiger partial charge < -0.3 is 15.2 Å². The van der Waals surface area contributed by atoms with Crippen LogP contribution in [0, 0.1) is 0 Å². The zero-order chi connectivity index (χ0) is 14.5. The molecule has 5 heteroatoms. The molecule has 1 saturated heterocycles. The molecule has 0 aliphatic carbocycles. The van der Waals surface area contributed by atoms with Crippen molar-refractivity contribution in [2.75, 3.05) is 26.2 Å². The van der Waals surface area contributed by atoms with Gasteiger partial charge in [-0.1, -0.05) is 13.8 Å². The lowest BCUT2D eigenvalue weighted by Gasteiger charge is -2.42. The Balaban J connectivity index is 2.72. The highest BCUT2D eigenvalue weighted by Gasteiger charge is 2.38. The van der Waals surface area contributed by atoms with Crippen molar-refractivity contribution in [2.45, 2.75) is 58.2 Å². The Kier molecular flexibility index (Phi) is 6.23. The normalized spacial score (nSPS) is 28.0. The lowest BCUT2D eigenvalue weighted by atomic mass is 9.99. The van der Waals surface area contributed by atoms with Crippen LogP contribution < -0.4 is 5.32 Å². The van der Waals surface area contributed by atoms with Gasteiger partial charge in [0.05, 0.1) is 12.7 Å². The second-order valence-corrected chi connectivity index (χ2v) is 5.70. The summed E-state index contributed by atoms with van der Waals surface area (Å²) in [6, 6.07) is 0.318. The molecule has 3 unspecified atom stereocenters. The van der Waals surface area contributed by atoms with Gasteiger partial charge >= 0.3 is 5.97 Å². The highest BCUT2D eigenvalue weighted by molar-refractivity contribution is 5.78. The van der Waals surface area contributed by atoms with Crippen LogP contribution in [0.15, 0.2) is 0 Å². The molecule has 0 spiro atoms. The van der Waals surface area contributed by atoms with Gasteiger partial charge in [-0.15, -0.1) is 0 Å². The number of carbonyl (C=O) groups is 1. The van der Waals surface area contributed by atoms with Crippen LogP contribution in [-0.2, 0) is 9.53 Å². The summed E-state index contributed by atoms with van der Waals surface area (Å²) in [6.45, 7) is 10.7. The third-order valence-corrected chi connectivity index (χ3v) is 3.81. The highest BCUT2D eigenvalue weighted by Crippen LogP contribution is 2.18. The van der Waals surface area contributed by atoms with Crippen molar-refractivity contribution in [3.63, 3.8) is 0 Å². The molecule has 0 radical (unpaired) electrons. The standard InChI is InChI=1S/C14H28N2O3/c1-5-7-15-14(4,13(17)18)10-16-8-11(3)19-9-12(16)6-2/h11-12,15H,5-10H2,1-4H3,(H,17,18). The van der Waals surface area contributed by atoms with Crippen LogP contribution in [0.5, 0.6) is 0 Å². The number of hydrogen-bond acceptors (Lipinski definition) is 4. The largest absolute Gasteiger partial charge is 0.480 e. The van der Waals surface area contributed by atoms with Crippen LogP contribution in [0.4, 0.5) is 0 Å². The van der Waals surface area contributed by atoms with Crippen molar-refractivity contribution in [1.82, 2.24) is 10.2 Å². The minimum Gasteiger partial charge on any atom is -0.480 e. The molecule has 2 N–H and O–H groups in total. The van der Waals surface area contributed by atoms with Gasteiger partial charge in [-0.25, -0.2) is 0 Å². The van der Waals surface area contributed by atoms with Crippen molar-refractivity contribution in [1.29, 1.82) is 0 Å². The lowest BCUT2D eigenvalue weighted by molar-refractivity contribution is -0.147. The first-order valence-electron chi connectivity index (χ1n) is 7.27. The van der Waals surface area contributed by atoms with E-state index in [4.69, 9.17) is 4.74 Å². The number of aliphatic carboxylic acids is 1. The molecule has 0 bridgehead atoms. The van der Waals surface area contributed by atoms with E-state index in [1.807, 2.05) is 13.8 Å². The van der Waals surface area contributed by atoms with Crippen molar-refractivity contribution in [2.24, 2.45) is 0 Å². The van der Waals surface area contributed by atoms with E-state index in [-0.39, 0.29) is 6.10 Å². The predicted molar refractivity (Wildman–Crippen MR) is 75.4 cm³/mol. The average Bonchev–Trinajstić information content (AvgIpc) is 2.36. The third-order valence-electron chi connectivity index (χ3n) is 3.81. The first-order chi connectivity index (χ1) is 8.92. The monoisotopic (exact) mass is 272 g/mol. The van der Waals surface area contributed by atoms with Gasteiger partial charge in [-0.05, 0) is 33.2 Å². The van der Waals surface area contributed by atoms with Gasteiger partial charge in [-0.3, -0.25) is 9.69 Å². The van der Waals surface area contributed by atoms with Crippen LogP contribution in [-0.4, -0.2) is 59.9 Å². The van der Waals surface area contributed by atoms with Crippen molar-refractivity contribution in [3.05, 3.63) is 0 Å².